The molecule has 0 aliphatic carbocycles. The second-order valence-corrected chi connectivity index (χ2v) is 3.73. The first kappa shape index (κ1) is 9.01. The van der Waals surface area contributed by atoms with E-state index in [2.05, 4.69) is 37.6 Å². The van der Waals surface area contributed by atoms with E-state index in [-0.39, 0.29) is 0 Å². The van der Waals surface area contributed by atoms with Crippen molar-refractivity contribution in [2.45, 2.75) is 32.9 Å². The van der Waals surface area contributed by atoms with Crippen molar-refractivity contribution < 1.29 is 0 Å². The third-order valence-electron chi connectivity index (χ3n) is 2.83. The molecule has 1 fully saturated rings. The summed E-state index contributed by atoms with van der Waals surface area (Å²) >= 11 is 0. The number of piperazine rings is 1. The lowest BCUT2D eigenvalue weighted by Crippen LogP contribution is -2.54. The molecular weight excluding hydrogens is 136 g/mol. The topological polar surface area (TPSA) is 6.48 Å². The molecule has 0 amide bonds. The fourth-order valence-corrected chi connectivity index (χ4v) is 1.81. The highest BCUT2D eigenvalue weighted by atomic mass is 15.3. The van der Waals surface area contributed by atoms with Gasteiger partial charge in [-0.15, -0.1) is 0 Å². The number of rotatable bonds is 1. The molecule has 0 N–H and O–H groups in total. The third-order valence-corrected chi connectivity index (χ3v) is 2.83. The number of nitrogens with zero attached hydrogens (tertiary/aromatic N) is 2. The van der Waals surface area contributed by atoms with Crippen molar-refractivity contribution in [1.82, 2.24) is 9.80 Å². The van der Waals surface area contributed by atoms with Crippen LogP contribution in [0, 0.1) is 0 Å². The normalized spacial score (nSPS) is 36.0. The Kier molecular flexibility index (Phi) is 2.90. The van der Waals surface area contributed by atoms with Crippen molar-refractivity contribution in [3.8, 4) is 0 Å². The summed E-state index contributed by atoms with van der Waals surface area (Å²) in [5.41, 5.74) is 0. The molecular formula is C9H20N2. The maximum atomic E-state index is 2.55. The Labute approximate surface area is 70.2 Å². The van der Waals surface area contributed by atoms with Gasteiger partial charge < -0.3 is 4.90 Å². The van der Waals surface area contributed by atoms with Gasteiger partial charge in [0.05, 0.1) is 0 Å². The molecule has 2 atom stereocenters. The van der Waals surface area contributed by atoms with E-state index >= 15 is 0 Å². The van der Waals surface area contributed by atoms with Crippen LogP contribution in [0.1, 0.15) is 20.8 Å². The SMILES string of the molecule is CCN1C[C@H](C)N(C)C[C@H]1C. The molecule has 0 aromatic heterocycles. The van der Waals surface area contributed by atoms with Gasteiger partial charge in [0, 0.05) is 25.2 Å². The molecule has 11 heavy (non-hydrogen) atoms. The summed E-state index contributed by atoms with van der Waals surface area (Å²) in [5, 5.41) is 0. The maximum absolute atomic E-state index is 2.55. The van der Waals surface area contributed by atoms with Crippen LogP contribution in [0.4, 0.5) is 0 Å². The monoisotopic (exact) mass is 156 g/mol. The van der Waals surface area contributed by atoms with Crippen molar-refractivity contribution in [2.75, 3.05) is 26.7 Å². The molecule has 1 aliphatic heterocycles. The molecule has 0 aromatic rings. The zero-order valence-electron chi connectivity index (χ0n) is 8.17. The number of hydrogen-bond donors (Lipinski definition) is 0. The summed E-state index contributed by atoms with van der Waals surface area (Å²) in [6.45, 7) is 10.5. The Morgan fingerprint density at radius 2 is 1.82 bits per heavy atom. The minimum Gasteiger partial charge on any atom is -0.301 e. The number of hydrogen-bond acceptors (Lipinski definition) is 2. The van der Waals surface area contributed by atoms with Crippen LogP contribution in [-0.4, -0.2) is 48.6 Å². The van der Waals surface area contributed by atoms with Crippen LogP contribution in [0.25, 0.3) is 0 Å². The summed E-state index contributed by atoms with van der Waals surface area (Å²) in [7, 11) is 2.22. The minimum absolute atomic E-state index is 0.728. The Balaban J connectivity index is 2.48. The van der Waals surface area contributed by atoms with Gasteiger partial charge >= 0.3 is 0 Å². The van der Waals surface area contributed by atoms with Gasteiger partial charge in [-0.25, -0.2) is 0 Å². The molecule has 0 radical (unpaired) electrons. The first-order chi connectivity index (χ1) is 5.15. The second-order valence-electron chi connectivity index (χ2n) is 3.73. The van der Waals surface area contributed by atoms with Crippen molar-refractivity contribution in [1.29, 1.82) is 0 Å². The lowest BCUT2D eigenvalue weighted by atomic mass is 10.1. The van der Waals surface area contributed by atoms with Crippen molar-refractivity contribution in [3.05, 3.63) is 0 Å². The number of likely N-dealkylation sites (N-methyl/N-ethyl adjacent to an activating group) is 2. The fourth-order valence-electron chi connectivity index (χ4n) is 1.81. The van der Waals surface area contributed by atoms with Crippen LogP contribution in [0.5, 0.6) is 0 Å². The van der Waals surface area contributed by atoms with Crippen LogP contribution in [-0.2, 0) is 0 Å². The Morgan fingerprint density at radius 3 is 2.36 bits per heavy atom. The fraction of sp³-hybridized carbons (Fsp3) is 1.00. The van der Waals surface area contributed by atoms with E-state index in [1.807, 2.05) is 0 Å². The minimum atomic E-state index is 0.728. The molecule has 0 aromatic carbocycles. The largest absolute Gasteiger partial charge is 0.301 e. The van der Waals surface area contributed by atoms with Gasteiger partial charge in [-0.1, -0.05) is 6.92 Å². The average Bonchev–Trinajstić information content (AvgIpc) is 1.97. The van der Waals surface area contributed by atoms with Crippen molar-refractivity contribution in [3.63, 3.8) is 0 Å². The van der Waals surface area contributed by atoms with Crippen LogP contribution in [0.3, 0.4) is 0 Å². The van der Waals surface area contributed by atoms with Gasteiger partial charge in [0.15, 0.2) is 0 Å². The van der Waals surface area contributed by atoms with Crippen LogP contribution < -0.4 is 0 Å². The van der Waals surface area contributed by atoms with Crippen LogP contribution in [0.15, 0.2) is 0 Å². The Bertz CT molecular complexity index is 125. The molecule has 0 saturated carbocycles. The predicted molar refractivity (Wildman–Crippen MR) is 48.8 cm³/mol. The average molecular weight is 156 g/mol. The molecule has 2 heteroatoms. The molecule has 0 unspecified atom stereocenters. The van der Waals surface area contributed by atoms with E-state index in [1.165, 1.54) is 19.6 Å². The molecule has 1 aliphatic rings. The van der Waals surface area contributed by atoms with Gasteiger partial charge in [-0.3, -0.25) is 4.90 Å². The molecule has 1 rings (SSSR count). The zero-order valence-corrected chi connectivity index (χ0v) is 8.17. The van der Waals surface area contributed by atoms with Gasteiger partial charge in [-0.2, -0.15) is 0 Å². The maximum Gasteiger partial charge on any atom is 0.0195 e. The molecule has 1 heterocycles. The Morgan fingerprint density at radius 1 is 1.18 bits per heavy atom. The van der Waals surface area contributed by atoms with Crippen molar-refractivity contribution >= 4 is 0 Å². The first-order valence-corrected chi connectivity index (χ1v) is 4.59. The smallest absolute Gasteiger partial charge is 0.0195 e. The summed E-state index contributed by atoms with van der Waals surface area (Å²) in [4.78, 5) is 4.99. The van der Waals surface area contributed by atoms with E-state index in [4.69, 9.17) is 0 Å². The molecule has 2 nitrogen and oxygen atoms in total. The van der Waals surface area contributed by atoms with E-state index in [9.17, 15) is 0 Å². The Hall–Kier alpha value is -0.0800. The quantitative estimate of drug-likeness (QED) is 0.559. The van der Waals surface area contributed by atoms with E-state index < -0.39 is 0 Å². The standard InChI is InChI=1S/C9H20N2/c1-5-11-7-8(2)10(4)6-9(11)3/h8-9H,5-7H2,1-4H3/t8-,9+/m0/s1. The van der Waals surface area contributed by atoms with Crippen LogP contribution in [0.2, 0.25) is 0 Å². The van der Waals surface area contributed by atoms with Gasteiger partial charge in [-0.05, 0) is 27.4 Å². The summed E-state index contributed by atoms with van der Waals surface area (Å²) in [6, 6.07) is 1.47. The van der Waals surface area contributed by atoms with Gasteiger partial charge in [0.1, 0.15) is 0 Å². The third kappa shape index (κ3) is 1.94. The molecule has 0 spiro atoms. The summed E-state index contributed by atoms with van der Waals surface area (Å²) in [5.74, 6) is 0. The van der Waals surface area contributed by atoms with E-state index in [0.717, 1.165) is 12.1 Å². The first-order valence-electron chi connectivity index (χ1n) is 4.59. The summed E-state index contributed by atoms with van der Waals surface area (Å²) in [6.07, 6.45) is 0. The van der Waals surface area contributed by atoms with Crippen molar-refractivity contribution in [2.24, 2.45) is 0 Å². The second kappa shape index (κ2) is 3.55. The van der Waals surface area contributed by atoms with Gasteiger partial charge in [0.2, 0.25) is 0 Å². The lowest BCUT2D eigenvalue weighted by Gasteiger charge is -2.41. The van der Waals surface area contributed by atoms with E-state index in [1.54, 1.807) is 0 Å². The predicted octanol–water partition coefficient (Wildman–Crippen LogP) is 1.03. The van der Waals surface area contributed by atoms with Gasteiger partial charge in [0.25, 0.3) is 0 Å². The highest BCUT2D eigenvalue weighted by Crippen LogP contribution is 2.11. The zero-order chi connectivity index (χ0) is 8.43. The molecule has 1 saturated heterocycles. The van der Waals surface area contributed by atoms with Crippen LogP contribution >= 0.6 is 0 Å². The lowest BCUT2D eigenvalue weighted by molar-refractivity contribution is 0.0643. The highest BCUT2D eigenvalue weighted by Gasteiger charge is 2.24. The molecule has 0 bridgehead atoms. The van der Waals surface area contributed by atoms with E-state index in [0.29, 0.717) is 0 Å². The molecule has 66 valence electrons. The highest BCUT2D eigenvalue weighted by molar-refractivity contribution is 4.81. The summed E-state index contributed by atoms with van der Waals surface area (Å²) < 4.78 is 0.